The van der Waals surface area contributed by atoms with Gasteiger partial charge in [0, 0.05) is 36.3 Å². The Labute approximate surface area is 149 Å². The second-order valence-electron chi connectivity index (χ2n) is 6.26. The number of nitrogens with zero attached hydrogens (tertiary/aromatic N) is 1. The van der Waals surface area contributed by atoms with Crippen LogP contribution in [0.15, 0.2) is 48.5 Å². The first kappa shape index (κ1) is 18.5. The summed E-state index contributed by atoms with van der Waals surface area (Å²) in [6.07, 6.45) is 0.455. The molecule has 1 amide bonds. The molecule has 0 radical (unpaired) electrons. The van der Waals surface area contributed by atoms with Gasteiger partial charge in [-0.05, 0) is 44.0 Å². The number of rotatable bonds is 7. The van der Waals surface area contributed by atoms with Gasteiger partial charge in [-0.25, -0.2) is 0 Å². The van der Waals surface area contributed by atoms with E-state index in [-0.39, 0.29) is 5.91 Å². The van der Waals surface area contributed by atoms with Crippen LogP contribution in [0.25, 0.3) is 0 Å². The van der Waals surface area contributed by atoms with Gasteiger partial charge in [0.1, 0.15) is 0 Å². The number of benzene rings is 2. The molecule has 0 spiro atoms. The summed E-state index contributed by atoms with van der Waals surface area (Å²) in [4.78, 5) is 14.6. The third-order valence-corrected chi connectivity index (χ3v) is 4.54. The van der Waals surface area contributed by atoms with E-state index in [1.807, 2.05) is 43.3 Å². The molecule has 0 saturated heterocycles. The summed E-state index contributed by atoms with van der Waals surface area (Å²) in [5.41, 5.74) is 2.95. The van der Waals surface area contributed by atoms with E-state index >= 15 is 0 Å². The van der Waals surface area contributed by atoms with E-state index in [2.05, 4.69) is 36.2 Å². The Kier molecular flexibility index (Phi) is 6.83. The Bertz CT molecular complexity index is 671. The van der Waals surface area contributed by atoms with Crippen molar-refractivity contribution in [3.63, 3.8) is 0 Å². The molecule has 2 rings (SSSR count). The fourth-order valence-corrected chi connectivity index (χ4v) is 2.71. The highest BCUT2D eigenvalue weighted by Crippen LogP contribution is 2.23. The molecule has 0 aliphatic heterocycles. The molecule has 0 aromatic heterocycles. The summed E-state index contributed by atoms with van der Waals surface area (Å²) in [5.74, 6) is 0.0130. The second kappa shape index (κ2) is 8.86. The molecule has 3 nitrogen and oxygen atoms in total. The lowest BCUT2D eigenvalue weighted by Gasteiger charge is -2.26. The van der Waals surface area contributed by atoms with E-state index in [0.717, 1.165) is 24.3 Å². The monoisotopic (exact) mass is 344 g/mol. The van der Waals surface area contributed by atoms with Crippen molar-refractivity contribution < 1.29 is 4.79 Å². The zero-order valence-corrected chi connectivity index (χ0v) is 15.3. The predicted octanol–water partition coefficient (Wildman–Crippen LogP) is 4.89. The Morgan fingerprint density at radius 1 is 1.12 bits per heavy atom. The van der Waals surface area contributed by atoms with Crippen LogP contribution in [0.1, 0.15) is 31.4 Å². The second-order valence-corrected chi connectivity index (χ2v) is 6.67. The smallest absolute Gasteiger partial charge is 0.225 e. The first-order chi connectivity index (χ1) is 11.5. The van der Waals surface area contributed by atoms with E-state index in [0.29, 0.717) is 17.5 Å². The van der Waals surface area contributed by atoms with Crippen molar-refractivity contribution in [1.29, 1.82) is 0 Å². The van der Waals surface area contributed by atoms with Gasteiger partial charge in [0.15, 0.2) is 0 Å². The normalized spacial score (nSPS) is 11.1. The van der Waals surface area contributed by atoms with Crippen LogP contribution in [-0.2, 0) is 11.3 Å². The molecule has 2 aromatic rings. The van der Waals surface area contributed by atoms with Gasteiger partial charge in [-0.15, -0.1) is 0 Å². The summed E-state index contributed by atoms with van der Waals surface area (Å²) < 4.78 is 0. The molecule has 0 saturated carbocycles. The summed E-state index contributed by atoms with van der Waals surface area (Å²) in [7, 11) is 0. The van der Waals surface area contributed by atoms with Crippen LogP contribution >= 0.6 is 11.6 Å². The number of halogens is 1. The van der Waals surface area contributed by atoms with Gasteiger partial charge < -0.3 is 5.32 Å². The van der Waals surface area contributed by atoms with Crippen molar-refractivity contribution in [3.8, 4) is 0 Å². The van der Waals surface area contributed by atoms with Gasteiger partial charge in [0.25, 0.3) is 0 Å². The predicted molar refractivity (Wildman–Crippen MR) is 101 cm³/mol. The van der Waals surface area contributed by atoms with Crippen molar-refractivity contribution in [3.05, 3.63) is 64.7 Å². The van der Waals surface area contributed by atoms with Crippen molar-refractivity contribution in [2.45, 2.75) is 39.8 Å². The van der Waals surface area contributed by atoms with Gasteiger partial charge in [0.05, 0.1) is 0 Å². The number of hydrogen-bond donors (Lipinski definition) is 1. The first-order valence-electron chi connectivity index (χ1n) is 8.30. The van der Waals surface area contributed by atoms with E-state index in [1.54, 1.807) is 0 Å². The van der Waals surface area contributed by atoms with E-state index < -0.39 is 0 Å². The van der Waals surface area contributed by atoms with Crippen molar-refractivity contribution >= 4 is 23.2 Å². The summed E-state index contributed by atoms with van der Waals surface area (Å²) in [5, 5.41) is 3.63. The Balaban J connectivity index is 1.91. The highest BCUT2D eigenvalue weighted by molar-refractivity contribution is 6.31. The van der Waals surface area contributed by atoms with Crippen molar-refractivity contribution in [2.75, 3.05) is 11.9 Å². The maximum Gasteiger partial charge on any atom is 0.225 e. The minimum absolute atomic E-state index is 0.0130. The van der Waals surface area contributed by atoms with Gasteiger partial charge in [0.2, 0.25) is 5.91 Å². The molecule has 1 N–H and O–H groups in total. The Morgan fingerprint density at radius 2 is 1.83 bits per heavy atom. The highest BCUT2D eigenvalue weighted by atomic mass is 35.5. The summed E-state index contributed by atoms with van der Waals surface area (Å²) >= 11 is 6.10. The zero-order chi connectivity index (χ0) is 17.5. The van der Waals surface area contributed by atoms with Gasteiger partial charge in [-0.2, -0.15) is 0 Å². The van der Waals surface area contributed by atoms with E-state index in [1.165, 1.54) is 5.56 Å². The molecule has 128 valence electrons. The minimum atomic E-state index is 0.0130. The zero-order valence-electron chi connectivity index (χ0n) is 14.6. The average molecular weight is 345 g/mol. The van der Waals surface area contributed by atoms with Crippen molar-refractivity contribution in [2.24, 2.45) is 0 Å². The molecule has 0 heterocycles. The van der Waals surface area contributed by atoms with Crippen LogP contribution in [-0.4, -0.2) is 23.4 Å². The molecule has 0 aliphatic carbocycles. The van der Waals surface area contributed by atoms with Crippen LogP contribution in [0.4, 0.5) is 5.69 Å². The van der Waals surface area contributed by atoms with Gasteiger partial charge >= 0.3 is 0 Å². The lowest BCUT2D eigenvalue weighted by molar-refractivity contribution is -0.116. The van der Waals surface area contributed by atoms with Crippen LogP contribution in [0, 0.1) is 6.92 Å². The minimum Gasteiger partial charge on any atom is -0.326 e. The van der Waals surface area contributed by atoms with Crippen LogP contribution < -0.4 is 5.32 Å². The number of carbonyl (C=O) groups excluding carboxylic acids is 1. The topological polar surface area (TPSA) is 32.3 Å². The maximum atomic E-state index is 12.3. The molecule has 4 heteroatoms. The van der Waals surface area contributed by atoms with E-state index in [4.69, 9.17) is 11.6 Å². The molecule has 0 bridgehead atoms. The number of hydrogen-bond acceptors (Lipinski definition) is 2. The fraction of sp³-hybridized carbons (Fsp3) is 0.350. The maximum absolute atomic E-state index is 12.3. The average Bonchev–Trinajstić information content (AvgIpc) is 2.56. The molecule has 0 fully saturated rings. The molecule has 0 aliphatic rings. The largest absolute Gasteiger partial charge is 0.326 e. The molecule has 24 heavy (non-hydrogen) atoms. The number of nitrogens with one attached hydrogen (secondary N) is 1. The summed E-state index contributed by atoms with van der Waals surface area (Å²) in [6.45, 7) is 7.79. The quantitative estimate of drug-likeness (QED) is 0.775. The van der Waals surface area contributed by atoms with Crippen molar-refractivity contribution in [1.82, 2.24) is 4.90 Å². The molecule has 2 aromatic carbocycles. The lowest BCUT2D eigenvalue weighted by atomic mass is 10.1. The highest BCUT2D eigenvalue weighted by Gasteiger charge is 2.13. The Morgan fingerprint density at radius 3 is 2.50 bits per heavy atom. The SMILES string of the molecule is Cc1c(Cl)cccc1NC(=O)CCN(Cc1ccccc1)C(C)C. The molecule has 0 atom stereocenters. The molecule has 0 unspecified atom stereocenters. The molecular formula is C20H25ClN2O. The van der Waals surface area contributed by atoms with Crippen LogP contribution in [0.3, 0.4) is 0 Å². The number of carbonyl (C=O) groups is 1. The third kappa shape index (κ3) is 5.36. The first-order valence-corrected chi connectivity index (χ1v) is 8.68. The standard InChI is InChI=1S/C20H25ClN2O/c1-15(2)23(14-17-8-5-4-6-9-17)13-12-20(24)22-19-11-7-10-18(21)16(19)3/h4-11,15H,12-14H2,1-3H3,(H,22,24). The van der Waals surface area contributed by atoms with Crippen LogP contribution in [0.5, 0.6) is 0 Å². The third-order valence-electron chi connectivity index (χ3n) is 4.13. The Hall–Kier alpha value is -1.84. The number of anilines is 1. The van der Waals surface area contributed by atoms with E-state index in [9.17, 15) is 4.79 Å². The summed E-state index contributed by atoms with van der Waals surface area (Å²) in [6, 6.07) is 16.3. The fourth-order valence-electron chi connectivity index (χ4n) is 2.54. The van der Waals surface area contributed by atoms with Crippen LogP contribution in [0.2, 0.25) is 5.02 Å². The number of amides is 1. The molecular weight excluding hydrogens is 320 g/mol. The van der Waals surface area contributed by atoms with Gasteiger partial charge in [-0.3, -0.25) is 9.69 Å². The van der Waals surface area contributed by atoms with Gasteiger partial charge in [-0.1, -0.05) is 48.0 Å². The lowest BCUT2D eigenvalue weighted by Crippen LogP contribution is -2.33.